The molecule has 0 fully saturated rings. The molecule has 0 spiro atoms. The Morgan fingerprint density at radius 3 is 2.70 bits per heavy atom. The smallest absolute Gasteiger partial charge is 0.260 e. The minimum atomic E-state index is -0.00955. The predicted octanol–water partition coefficient (Wildman–Crippen LogP) is 5.89. The Bertz CT molecular complexity index is 1050. The maximum Gasteiger partial charge on any atom is 0.260 e. The van der Waals surface area contributed by atoms with Gasteiger partial charge in [-0.25, -0.2) is 0 Å². The number of fused-ring (bicyclic) bond motifs is 1. The Morgan fingerprint density at radius 1 is 1.04 bits per heavy atom. The molecule has 1 aliphatic heterocycles. The van der Waals surface area contributed by atoms with Crippen LogP contribution in [0.4, 0.5) is 0 Å². The van der Waals surface area contributed by atoms with Crippen LogP contribution in [0.25, 0.3) is 10.8 Å². The summed E-state index contributed by atoms with van der Waals surface area (Å²) in [5.41, 5.74) is 1.75. The van der Waals surface area contributed by atoms with Crippen molar-refractivity contribution in [3.05, 3.63) is 81.8 Å². The van der Waals surface area contributed by atoms with Gasteiger partial charge in [0, 0.05) is 17.9 Å². The molecular formula is C21H16Cl2N2OS. The Labute approximate surface area is 172 Å². The van der Waals surface area contributed by atoms with Gasteiger partial charge in [-0.2, -0.15) is 0 Å². The van der Waals surface area contributed by atoms with Crippen LogP contribution < -0.4 is 0 Å². The van der Waals surface area contributed by atoms with Gasteiger partial charge in [0.2, 0.25) is 0 Å². The van der Waals surface area contributed by atoms with Crippen LogP contribution >= 0.6 is 35.0 Å². The zero-order chi connectivity index (χ0) is 18.8. The molecule has 3 aromatic carbocycles. The van der Waals surface area contributed by atoms with E-state index in [1.165, 1.54) is 0 Å². The maximum atomic E-state index is 13.2. The highest BCUT2D eigenvalue weighted by atomic mass is 35.5. The number of nitrogens with zero attached hydrogens (tertiary/aromatic N) is 2. The zero-order valence-corrected chi connectivity index (χ0v) is 16.7. The van der Waals surface area contributed by atoms with Gasteiger partial charge in [0.05, 0.1) is 16.6 Å². The molecule has 1 aliphatic rings. The molecule has 0 unspecified atom stereocenters. The van der Waals surface area contributed by atoms with E-state index in [0.29, 0.717) is 34.5 Å². The third kappa shape index (κ3) is 3.84. The third-order valence-corrected chi connectivity index (χ3v) is 6.24. The molecule has 0 bridgehead atoms. The van der Waals surface area contributed by atoms with E-state index in [-0.39, 0.29) is 5.91 Å². The van der Waals surface area contributed by atoms with E-state index in [2.05, 4.69) is 4.99 Å². The first-order valence-corrected chi connectivity index (χ1v) is 10.3. The molecule has 0 radical (unpaired) electrons. The summed E-state index contributed by atoms with van der Waals surface area (Å²) in [6, 6.07) is 19.3. The Hall–Kier alpha value is -2.01. The van der Waals surface area contributed by atoms with Gasteiger partial charge in [0.25, 0.3) is 5.91 Å². The number of carbonyl (C=O) groups is 1. The van der Waals surface area contributed by atoms with Gasteiger partial charge in [-0.05, 0) is 34.5 Å². The van der Waals surface area contributed by atoms with Crippen molar-refractivity contribution in [2.24, 2.45) is 4.99 Å². The minimum absolute atomic E-state index is 0.00955. The van der Waals surface area contributed by atoms with E-state index in [1.54, 1.807) is 22.7 Å². The predicted molar refractivity (Wildman–Crippen MR) is 115 cm³/mol. The second-order valence-corrected chi connectivity index (χ2v) is 7.94. The van der Waals surface area contributed by atoms with E-state index in [4.69, 9.17) is 23.2 Å². The van der Waals surface area contributed by atoms with E-state index < -0.39 is 0 Å². The number of amidine groups is 1. The molecule has 6 heteroatoms. The summed E-state index contributed by atoms with van der Waals surface area (Å²) in [6.07, 6.45) is 0. The van der Waals surface area contributed by atoms with Crippen molar-refractivity contribution >= 4 is 56.8 Å². The highest BCUT2D eigenvalue weighted by Crippen LogP contribution is 2.27. The summed E-state index contributed by atoms with van der Waals surface area (Å²) < 4.78 is 0. The number of thioether (sulfide) groups is 1. The van der Waals surface area contributed by atoms with Crippen molar-refractivity contribution in [2.45, 2.75) is 5.75 Å². The van der Waals surface area contributed by atoms with Crippen LogP contribution in [0.2, 0.25) is 10.0 Å². The molecule has 0 N–H and O–H groups in total. The number of aliphatic imine (C=N–C) groups is 1. The van der Waals surface area contributed by atoms with Crippen LogP contribution in [0, 0.1) is 0 Å². The molecule has 0 atom stereocenters. The van der Waals surface area contributed by atoms with Gasteiger partial charge in [0.1, 0.15) is 0 Å². The summed E-state index contributed by atoms with van der Waals surface area (Å²) >= 11 is 13.6. The summed E-state index contributed by atoms with van der Waals surface area (Å²) in [6.45, 7) is 1.23. The van der Waals surface area contributed by atoms with Crippen LogP contribution in [0.15, 0.2) is 65.7 Å². The first kappa shape index (κ1) is 18.4. The van der Waals surface area contributed by atoms with E-state index in [1.807, 2.05) is 54.6 Å². The number of halogens is 2. The molecule has 136 valence electrons. The molecule has 1 amide bonds. The van der Waals surface area contributed by atoms with Crippen molar-refractivity contribution in [2.75, 3.05) is 13.1 Å². The topological polar surface area (TPSA) is 32.7 Å². The SMILES string of the molecule is O=C(c1cccc2ccccc12)N1CCN=C1SCc1ccc(Cl)c(Cl)c1. The second-order valence-electron chi connectivity index (χ2n) is 6.18. The first-order chi connectivity index (χ1) is 13.1. The standard InChI is InChI=1S/C21H16Cl2N2OS/c22-18-9-8-14(12-19(18)23)13-27-21-24-10-11-25(21)20(26)17-7-3-5-15-4-1-2-6-16(15)17/h1-9,12H,10-11,13H2. The molecule has 0 saturated heterocycles. The largest absolute Gasteiger partial charge is 0.286 e. The Balaban J connectivity index is 1.53. The van der Waals surface area contributed by atoms with Crippen molar-refractivity contribution in [3.63, 3.8) is 0 Å². The van der Waals surface area contributed by atoms with Gasteiger partial charge >= 0.3 is 0 Å². The Kier molecular flexibility index (Phi) is 5.39. The number of hydrogen-bond donors (Lipinski definition) is 0. The van der Waals surface area contributed by atoms with E-state index in [0.717, 1.165) is 21.5 Å². The van der Waals surface area contributed by atoms with Crippen molar-refractivity contribution < 1.29 is 4.79 Å². The lowest BCUT2D eigenvalue weighted by atomic mass is 10.0. The highest BCUT2D eigenvalue weighted by molar-refractivity contribution is 8.13. The zero-order valence-electron chi connectivity index (χ0n) is 14.4. The average molecular weight is 415 g/mol. The van der Waals surface area contributed by atoms with Gasteiger partial charge in [0.15, 0.2) is 5.17 Å². The normalized spacial score (nSPS) is 13.9. The fourth-order valence-corrected chi connectivity index (χ4v) is 4.38. The third-order valence-electron chi connectivity index (χ3n) is 4.42. The molecule has 0 aliphatic carbocycles. The molecule has 1 heterocycles. The van der Waals surface area contributed by atoms with Crippen LogP contribution in [-0.4, -0.2) is 29.1 Å². The molecule has 4 rings (SSSR count). The first-order valence-electron chi connectivity index (χ1n) is 8.54. The Morgan fingerprint density at radius 2 is 1.85 bits per heavy atom. The second kappa shape index (κ2) is 7.93. The molecular weight excluding hydrogens is 399 g/mol. The highest BCUT2D eigenvalue weighted by Gasteiger charge is 2.26. The molecule has 27 heavy (non-hydrogen) atoms. The number of amides is 1. The van der Waals surface area contributed by atoms with E-state index in [9.17, 15) is 4.79 Å². The summed E-state index contributed by atoms with van der Waals surface area (Å²) in [5.74, 6) is 0.666. The van der Waals surface area contributed by atoms with Crippen molar-refractivity contribution in [3.8, 4) is 0 Å². The van der Waals surface area contributed by atoms with Crippen molar-refractivity contribution in [1.82, 2.24) is 4.90 Å². The van der Waals surface area contributed by atoms with Gasteiger partial charge in [-0.1, -0.05) is 77.4 Å². The number of carbonyl (C=O) groups excluding carboxylic acids is 1. The number of hydrogen-bond acceptors (Lipinski definition) is 3. The minimum Gasteiger partial charge on any atom is -0.286 e. The van der Waals surface area contributed by atoms with E-state index >= 15 is 0 Å². The fourth-order valence-electron chi connectivity index (χ4n) is 3.07. The summed E-state index contributed by atoms with van der Waals surface area (Å²) in [5, 5.41) is 3.84. The van der Waals surface area contributed by atoms with Crippen LogP contribution in [0.3, 0.4) is 0 Å². The van der Waals surface area contributed by atoms with Crippen LogP contribution in [0.5, 0.6) is 0 Å². The summed E-state index contributed by atoms with van der Waals surface area (Å²) in [4.78, 5) is 19.5. The summed E-state index contributed by atoms with van der Waals surface area (Å²) in [7, 11) is 0. The van der Waals surface area contributed by atoms with Crippen LogP contribution in [-0.2, 0) is 5.75 Å². The lowest BCUT2D eigenvalue weighted by Crippen LogP contribution is -2.33. The quantitative estimate of drug-likeness (QED) is 0.534. The average Bonchev–Trinajstić information content (AvgIpc) is 3.16. The molecule has 0 aromatic heterocycles. The van der Waals surface area contributed by atoms with Crippen LogP contribution in [0.1, 0.15) is 15.9 Å². The monoisotopic (exact) mass is 414 g/mol. The number of benzene rings is 3. The van der Waals surface area contributed by atoms with Gasteiger partial charge in [-0.3, -0.25) is 14.7 Å². The lowest BCUT2D eigenvalue weighted by Gasteiger charge is -2.19. The molecule has 3 aromatic rings. The lowest BCUT2D eigenvalue weighted by molar-refractivity contribution is 0.0862. The molecule has 0 saturated carbocycles. The van der Waals surface area contributed by atoms with Gasteiger partial charge in [-0.15, -0.1) is 0 Å². The van der Waals surface area contributed by atoms with Gasteiger partial charge < -0.3 is 0 Å². The fraction of sp³-hybridized carbons (Fsp3) is 0.143. The van der Waals surface area contributed by atoms with Crippen molar-refractivity contribution in [1.29, 1.82) is 0 Å². The molecule has 3 nitrogen and oxygen atoms in total. The maximum absolute atomic E-state index is 13.2. The number of rotatable bonds is 3.